The van der Waals surface area contributed by atoms with Crippen LogP contribution in [-0.4, -0.2) is 18.3 Å². The molecule has 0 heterocycles. The third-order valence-corrected chi connectivity index (χ3v) is 1.60. The van der Waals surface area contributed by atoms with Crippen LogP contribution < -0.4 is 10.9 Å². The number of aryl methyl sites for hydroxylation is 1. The van der Waals surface area contributed by atoms with Crippen LogP contribution in [0, 0.1) is 6.92 Å². The highest BCUT2D eigenvalue weighted by Crippen LogP contribution is 2.10. The first-order valence-corrected chi connectivity index (χ1v) is 4.00. The Hall–Kier alpha value is -1.06. The summed E-state index contributed by atoms with van der Waals surface area (Å²) in [5, 5.41) is 8.51. The molecule has 1 rings (SSSR count). The Kier molecular flexibility index (Phi) is 3.57. The molecular weight excluding hydrogens is 152 g/mol. The summed E-state index contributed by atoms with van der Waals surface area (Å²) in [5.74, 6) is 0. The lowest BCUT2D eigenvalue weighted by atomic mass is 10.2. The van der Waals surface area contributed by atoms with E-state index in [9.17, 15) is 0 Å². The van der Waals surface area contributed by atoms with Gasteiger partial charge in [-0.25, -0.2) is 5.43 Å². The fourth-order valence-corrected chi connectivity index (χ4v) is 0.927. The van der Waals surface area contributed by atoms with Gasteiger partial charge in [-0.3, -0.25) is 0 Å². The van der Waals surface area contributed by atoms with Crippen molar-refractivity contribution in [2.24, 2.45) is 0 Å². The van der Waals surface area contributed by atoms with Crippen molar-refractivity contribution in [3.05, 3.63) is 29.8 Å². The van der Waals surface area contributed by atoms with Gasteiger partial charge in [0.1, 0.15) is 0 Å². The molecule has 0 aliphatic carbocycles. The Morgan fingerprint density at radius 2 is 2.08 bits per heavy atom. The van der Waals surface area contributed by atoms with E-state index < -0.39 is 0 Å². The molecule has 0 atom stereocenters. The number of aliphatic hydroxyl groups excluding tert-OH is 1. The van der Waals surface area contributed by atoms with E-state index in [0.717, 1.165) is 5.69 Å². The van der Waals surface area contributed by atoms with Gasteiger partial charge in [0.05, 0.1) is 12.3 Å². The fraction of sp³-hybridized carbons (Fsp3) is 0.333. The monoisotopic (exact) mass is 166 g/mol. The Balaban J connectivity index is 2.46. The van der Waals surface area contributed by atoms with Crippen LogP contribution in [0.3, 0.4) is 0 Å². The molecule has 3 heteroatoms. The van der Waals surface area contributed by atoms with Crippen molar-refractivity contribution < 1.29 is 5.11 Å². The van der Waals surface area contributed by atoms with Crippen molar-refractivity contribution in [3.63, 3.8) is 0 Å². The fourth-order valence-electron chi connectivity index (χ4n) is 0.927. The standard InChI is InChI=1S/C9H14N2O/c1-8-4-2-3-5-9(8)11-10-6-7-12/h2-5,10-12H,6-7H2,1H3. The maximum atomic E-state index is 8.51. The molecule has 0 aliphatic heterocycles. The first kappa shape index (κ1) is 9.03. The smallest absolute Gasteiger partial charge is 0.0574 e. The van der Waals surface area contributed by atoms with Gasteiger partial charge in [-0.1, -0.05) is 18.2 Å². The SMILES string of the molecule is Cc1ccccc1NNCCO. The number of benzene rings is 1. The Morgan fingerprint density at radius 3 is 2.75 bits per heavy atom. The van der Waals surface area contributed by atoms with Gasteiger partial charge >= 0.3 is 0 Å². The summed E-state index contributed by atoms with van der Waals surface area (Å²) in [5.41, 5.74) is 8.13. The zero-order chi connectivity index (χ0) is 8.81. The third-order valence-electron chi connectivity index (χ3n) is 1.60. The van der Waals surface area contributed by atoms with E-state index in [-0.39, 0.29) is 6.61 Å². The number of hydrogen-bond donors (Lipinski definition) is 3. The lowest BCUT2D eigenvalue weighted by molar-refractivity contribution is 0.296. The summed E-state index contributed by atoms with van der Waals surface area (Å²) < 4.78 is 0. The van der Waals surface area contributed by atoms with Crippen molar-refractivity contribution in [2.45, 2.75) is 6.92 Å². The second kappa shape index (κ2) is 4.74. The van der Waals surface area contributed by atoms with Crippen molar-refractivity contribution in [2.75, 3.05) is 18.6 Å². The van der Waals surface area contributed by atoms with Crippen LogP contribution in [0.4, 0.5) is 5.69 Å². The quantitative estimate of drug-likeness (QED) is 0.460. The molecule has 3 N–H and O–H groups in total. The molecule has 0 aromatic heterocycles. The summed E-state index contributed by atoms with van der Waals surface area (Å²) in [6.07, 6.45) is 0. The van der Waals surface area contributed by atoms with Crippen molar-refractivity contribution in [1.29, 1.82) is 0 Å². The number of hydrogen-bond acceptors (Lipinski definition) is 3. The minimum atomic E-state index is 0.138. The molecule has 0 saturated carbocycles. The lowest BCUT2D eigenvalue weighted by Gasteiger charge is -2.08. The predicted octanol–water partition coefficient (Wildman–Crippen LogP) is 0.904. The van der Waals surface area contributed by atoms with Crippen LogP contribution in [0.25, 0.3) is 0 Å². The highest BCUT2D eigenvalue weighted by Gasteiger charge is 1.92. The average molecular weight is 166 g/mol. The van der Waals surface area contributed by atoms with Gasteiger partial charge < -0.3 is 10.5 Å². The molecule has 0 unspecified atom stereocenters. The molecule has 3 nitrogen and oxygen atoms in total. The van der Waals surface area contributed by atoms with Crippen LogP contribution in [-0.2, 0) is 0 Å². The second-order valence-electron chi connectivity index (χ2n) is 2.59. The Morgan fingerprint density at radius 1 is 1.33 bits per heavy atom. The largest absolute Gasteiger partial charge is 0.395 e. The zero-order valence-electron chi connectivity index (χ0n) is 7.17. The summed E-state index contributed by atoms with van der Waals surface area (Å²) in [6.45, 7) is 2.72. The lowest BCUT2D eigenvalue weighted by Crippen LogP contribution is -2.25. The van der Waals surface area contributed by atoms with Gasteiger partial charge in [-0.05, 0) is 18.6 Å². The molecule has 66 valence electrons. The first-order chi connectivity index (χ1) is 5.84. The molecule has 0 amide bonds. The van der Waals surface area contributed by atoms with Gasteiger partial charge in [0, 0.05) is 6.54 Å². The molecule has 0 spiro atoms. The highest BCUT2D eigenvalue weighted by molar-refractivity contribution is 5.49. The summed E-state index contributed by atoms with van der Waals surface area (Å²) in [4.78, 5) is 0. The number of anilines is 1. The number of rotatable bonds is 4. The number of para-hydroxylation sites is 1. The molecule has 0 radical (unpaired) electrons. The first-order valence-electron chi connectivity index (χ1n) is 4.00. The molecule has 0 saturated heterocycles. The molecule has 1 aromatic rings. The highest BCUT2D eigenvalue weighted by atomic mass is 16.3. The van der Waals surface area contributed by atoms with Crippen molar-refractivity contribution >= 4 is 5.69 Å². The van der Waals surface area contributed by atoms with E-state index in [1.807, 2.05) is 31.2 Å². The average Bonchev–Trinajstić information content (AvgIpc) is 2.09. The Labute approximate surface area is 72.4 Å². The molecule has 0 aliphatic rings. The minimum absolute atomic E-state index is 0.138. The molecule has 0 bridgehead atoms. The topological polar surface area (TPSA) is 44.3 Å². The van der Waals surface area contributed by atoms with Gasteiger partial charge in [0.2, 0.25) is 0 Å². The molecular formula is C9H14N2O. The van der Waals surface area contributed by atoms with Crippen LogP contribution >= 0.6 is 0 Å². The van der Waals surface area contributed by atoms with E-state index in [2.05, 4.69) is 10.9 Å². The summed E-state index contributed by atoms with van der Waals surface area (Å²) in [7, 11) is 0. The van der Waals surface area contributed by atoms with E-state index in [1.165, 1.54) is 5.56 Å². The predicted molar refractivity (Wildman–Crippen MR) is 49.9 cm³/mol. The number of hydrazine groups is 1. The molecule has 1 aromatic carbocycles. The number of aliphatic hydroxyl groups is 1. The van der Waals surface area contributed by atoms with E-state index >= 15 is 0 Å². The van der Waals surface area contributed by atoms with Crippen molar-refractivity contribution in [3.8, 4) is 0 Å². The number of nitrogens with one attached hydrogen (secondary N) is 2. The van der Waals surface area contributed by atoms with E-state index in [0.29, 0.717) is 6.54 Å². The van der Waals surface area contributed by atoms with Gasteiger partial charge in [-0.15, -0.1) is 0 Å². The van der Waals surface area contributed by atoms with Gasteiger partial charge in [-0.2, -0.15) is 0 Å². The van der Waals surface area contributed by atoms with E-state index in [4.69, 9.17) is 5.11 Å². The van der Waals surface area contributed by atoms with Gasteiger partial charge in [0.25, 0.3) is 0 Å². The maximum absolute atomic E-state index is 8.51. The summed E-state index contributed by atoms with van der Waals surface area (Å²) in [6, 6.07) is 7.98. The van der Waals surface area contributed by atoms with E-state index in [1.54, 1.807) is 0 Å². The Bertz CT molecular complexity index is 238. The van der Waals surface area contributed by atoms with Gasteiger partial charge in [0.15, 0.2) is 0 Å². The third kappa shape index (κ3) is 2.53. The molecule has 0 fully saturated rings. The summed E-state index contributed by atoms with van der Waals surface area (Å²) >= 11 is 0. The van der Waals surface area contributed by atoms with Crippen LogP contribution in [0.5, 0.6) is 0 Å². The molecule has 12 heavy (non-hydrogen) atoms. The second-order valence-corrected chi connectivity index (χ2v) is 2.59. The minimum Gasteiger partial charge on any atom is -0.395 e. The zero-order valence-corrected chi connectivity index (χ0v) is 7.17. The van der Waals surface area contributed by atoms with Crippen molar-refractivity contribution in [1.82, 2.24) is 5.43 Å². The normalized spacial score (nSPS) is 9.83. The van der Waals surface area contributed by atoms with Crippen LogP contribution in [0.1, 0.15) is 5.56 Å². The van der Waals surface area contributed by atoms with Crippen LogP contribution in [0.2, 0.25) is 0 Å². The maximum Gasteiger partial charge on any atom is 0.0574 e. The van der Waals surface area contributed by atoms with Crippen LogP contribution in [0.15, 0.2) is 24.3 Å².